The standard InChI is InChI=1S/C12H14N2O5/c1-2-3-7-5-14(12(18)13-11(7)17)10-4-8(16)9(6-15)19-10/h5,8-10,15-16H,4,6H2,1H3,(H,13,17,18)/t8-,9+,10+/m1/s1. The summed E-state index contributed by atoms with van der Waals surface area (Å²) >= 11 is 0. The first kappa shape index (κ1) is 13.5. The summed E-state index contributed by atoms with van der Waals surface area (Å²) < 4.78 is 6.52. The fourth-order valence-corrected chi connectivity index (χ4v) is 1.97. The summed E-state index contributed by atoms with van der Waals surface area (Å²) in [7, 11) is 0. The quantitative estimate of drug-likeness (QED) is 0.568. The van der Waals surface area contributed by atoms with Gasteiger partial charge in [-0.1, -0.05) is 5.92 Å². The Labute approximate surface area is 108 Å². The molecule has 3 N–H and O–H groups in total. The SMILES string of the molecule is CC#Cc1cn([C@@H]2C[C@@H](O)[C@H](CO)O2)c(=O)[nH]c1=O. The van der Waals surface area contributed by atoms with E-state index in [0.29, 0.717) is 0 Å². The van der Waals surface area contributed by atoms with Crippen molar-refractivity contribution in [2.45, 2.75) is 31.8 Å². The zero-order valence-corrected chi connectivity index (χ0v) is 10.3. The molecular formula is C12H14N2O5. The van der Waals surface area contributed by atoms with Crippen molar-refractivity contribution >= 4 is 0 Å². The Morgan fingerprint density at radius 1 is 1.58 bits per heavy atom. The summed E-state index contributed by atoms with van der Waals surface area (Å²) in [5.41, 5.74) is -1.05. The number of aliphatic hydroxyl groups excluding tert-OH is 2. The molecule has 3 atom stereocenters. The molecule has 1 aromatic rings. The molecule has 2 rings (SSSR count). The Bertz CT molecular complexity index is 636. The molecule has 7 heteroatoms. The third kappa shape index (κ3) is 2.61. The summed E-state index contributed by atoms with van der Waals surface area (Å²) in [6.07, 6.45) is -0.849. The van der Waals surface area contributed by atoms with Gasteiger partial charge >= 0.3 is 5.69 Å². The van der Waals surface area contributed by atoms with Crippen LogP contribution in [0.3, 0.4) is 0 Å². The topological polar surface area (TPSA) is 105 Å². The van der Waals surface area contributed by atoms with E-state index >= 15 is 0 Å². The summed E-state index contributed by atoms with van der Waals surface area (Å²) in [5.74, 6) is 5.16. The van der Waals surface area contributed by atoms with E-state index in [1.54, 1.807) is 6.92 Å². The van der Waals surface area contributed by atoms with Crippen molar-refractivity contribution in [3.63, 3.8) is 0 Å². The lowest BCUT2D eigenvalue weighted by Gasteiger charge is -2.14. The predicted octanol–water partition coefficient (Wildman–Crippen LogP) is -1.45. The van der Waals surface area contributed by atoms with Gasteiger partial charge in [0.05, 0.1) is 12.7 Å². The fourth-order valence-electron chi connectivity index (χ4n) is 1.97. The van der Waals surface area contributed by atoms with Gasteiger partial charge in [-0.15, -0.1) is 5.92 Å². The van der Waals surface area contributed by atoms with Crippen molar-refractivity contribution < 1.29 is 14.9 Å². The van der Waals surface area contributed by atoms with E-state index in [9.17, 15) is 14.7 Å². The molecule has 0 radical (unpaired) electrons. The molecule has 0 aromatic carbocycles. The van der Waals surface area contributed by atoms with Crippen LogP contribution in [-0.4, -0.2) is 38.6 Å². The van der Waals surface area contributed by atoms with Crippen molar-refractivity contribution in [3.05, 3.63) is 32.6 Å². The molecule has 1 saturated heterocycles. The average Bonchev–Trinajstić information content (AvgIpc) is 2.74. The Hall–Kier alpha value is -1.88. The lowest BCUT2D eigenvalue weighted by Crippen LogP contribution is -2.33. The normalized spacial score (nSPS) is 25.9. The molecule has 0 bridgehead atoms. The van der Waals surface area contributed by atoms with Crippen LogP contribution >= 0.6 is 0 Å². The number of aromatic amines is 1. The van der Waals surface area contributed by atoms with Gasteiger partial charge in [-0.3, -0.25) is 14.3 Å². The number of hydrogen-bond acceptors (Lipinski definition) is 5. The lowest BCUT2D eigenvalue weighted by atomic mass is 10.2. The maximum Gasteiger partial charge on any atom is 0.330 e. The smallest absolute Gasteiger partial charge is 0.330 e. The van der Waals surface area contributed by atoms with Crippen LogP contribution in [0.15, 0.2) is 15.8 Å². The summed E-state index contributed by atoms with van der Waals surface area (Å²) in [4.78, 5) is 25.3. The Kier molecular flexibility index (Phi) is 3.85. The number of aromatic nitrogens is 2. The monoisotopic (exact) mass is 266 g/mol. The predicted molar refractivity (Wildman–Crippen MR) is 65.5 cm³/mol. The first-order valence-electron chi connectivity index (χ1n) is 5.79. The Balaban J connectivity index is 2.40. The molecule has 0 unspecified atom stereocenters. The highest BCUT2D eigenvalue weighted by Crippen LogP contribution is 2.27. The number of nitrogens with zero attached hydrogens (tertiary/aromatic N) is 1. The van der Waals surface area contributed by atoms with Crippen LogP contribution in [0, 0.1) is 11.8 Å². The Morgan fingerprint density at radius 2 is 2.32 bits per heavy atom. The molecule has 1 aliphatic rings. The van der Waals surface area contributed by atoms with Crippen LogP contribution in [0.2, 0.25) is 0 Å². The Morgan fingerprint density at radius 3 is 2.89 bits per heavy atom. The molecule has 7 nitrogen and oxygen atoms in total. The molecule has 0 amide bonds. The van der Waals surface area contributed by atoms with E-state index < -0.39 is 29.7 Å². The first-order valence-corrected chi connectivity index (χ1v) is 5.79. The highest BCUT2D eigenvalue weighted by Gasteiger charge is 2.35. The van der Waals surface area contributed by atoms with Crippen molar-refractivity contribution in [3.8, 4) is 11.8 Å². The second kappa shape index (κ2) is 5.40. The zero-order valence-electron chi connectivity index (χ0n) is 10.3. The maximum absolute atomic E-state index is 11.7. The fraction of sp³-hybridized carbons (Fsp3) is 0.500. The molecule has 1 fully saturated rings. The van der Waals surface area contributed by atoms with Crippen LogP contribution in [0.25, 0.3) is 0 Å². The van der Waals surface area contributed by atoms with Gasteiger partial charge in [-0.2, -0.15) is 0 Å². The maximum atomic E-state index is 11.7. The van der Waals surface area contributed by atoms with Gasteiger partial charge in [-0.05, 0) is 6.92 Å². The minimum Gasteiger partial charge on any atom is -0.394 e. The second-order valence-electron chi connectivity index (χ2n) is 4.20. The second-order valence-corrected chi connectivity index (χ2v) is 4.20. The number of nitrogens with one attached hydrogen (secondary N) is 1. The summed E-state index contributed by atoms with van der Waals surface area (Å²) in [5, 5.41) is 18.6. The van der Waals surface area contributed by atoms with Gasteiger partial charge < -0.3 is 14.9 Å². The van der Waals surface area contributed by atoms with Crippen LogP contribution in [0.5, 0.6) is 0 Å². The number of rotatable bonds is 2. The minimum atomic E-state index is -0.852. The summed E-state index contributed by atoms with van der Waals surface area (Å²) in [6.45, 7) is 1.24. The van der Waals surface area contributed by atoms with Crippen molar-refractivity contribution in [2.75, 3.05) is 6.61 Å². The molecule has 0 saturated carbocycles. The van der Waals surface area contributed by atoms with Gasteiger partial charge in [0, 0.05) is 12.6 Å². The van der Waals surface area contributed by atoms with Gasteiger partial charge in [0.25, 0.3) is 5.56 Å². The van der Waals surface area contributed by atoms with Gasteiger partial charge in [0.1, 0.15) is 17.9 Å². The molecule has 102 valence electrons. The van der Waals surface area contributed by atoms with Gasteiger partial charge in [0.2, 0.25) is 0 Å². The largest absolute Gasteiger partial charge is 0.394 e. The molecule has 1 aromatic heterocycles. The van der Waals surface area contributed by atoms with E-state index in [1.165, 1.54) is 10.8 Å². The van der Waals surface area contributed by atoms with Crippen molar-refractivity contribution in [1.82, 2.24) is 9.55 Å². The van der Waals surface area contributed by atoms with Crippen molar-refractivity contribution in [1.29, 1.82) is 0 Å². The van der Waals surface area contributed by atoms with Crippen LogP contribution in [-0.2, 0) is 4.74 Å². The number of H-pyrrole nitrogens is 1. The number of hydrogen-bond donors (Lipinski definition) is 3. The lowest BCUT2D eigenvalue weighted by molar-refractivity contribution is -0.0459. The van der Waals surface area contributed by atoms with Crippen molar-refractivity contribution in [2.24, 2.45) is 0 Å². The van der Waals surface area contributed by atoms with Crippen LogP contribution in [0.4, 0.5) is 0 Å². The van der Waals surface area contributed by atoms with Gasteiger partial charge in [0.15, 0.2) is 0 Å². The van der Waals surface area contributed by atoms with E-state index in [2.05, 4.69) is 16.8 Å². The minimum absolute atomic E-state index is 0.146. The average molecular weight is 266 g/mol. The number of aliphatic hydroxyl groups is 2. The summed E-state index contributed by atoms with van der Waals surface area (Å²) in [6, 6.07) is 0. The van der Waals surface area contributed by atoms with Crippen LogP contribution in [0.1, 0.15) is 25.1 Å². The highest BCUT2D eigenvalue weighted by molar-refractivity contribution is 5.28. The van der Waals surface area contributed by atoms with Crippen LogP contribution < -0.4 is 11.2 Å². The molecule has 19 heavy (non-hydrogen) atoms. The number of ether oxygens (including phenoxy) is 1. The third-order valence-corrected chi connectivity index (χ3v) is 2.92. The van der Waals surface area contributed by atoms with Gasteiger partial charge in [-0.25, -0.2) is 4.79 Å². The first-order chi connectivity index (χ1) is 9.06. The third-order valence-electron chi connectivity index (χ3n) is 2.92. The van der Waals surface area contributed by atoms with E-state index in [1.807, 2.05) is 0 Å². The van der Waals surface area contributed by atoms with E-state index in [0.717, 1.165) is 0 Å². The highest BCUT2D eigenvalue weighted by atomic mass is 16.5. The molecule has 1 aliphatic heterocycles. The molecular weight excluding hydrogens is 252 g/mol. The molecule has 0 spiro atoms. The zero-order chi connectivity index (χ0) is 14.0. The molecule has 0 aliphatic carbocycles. The molecule has 2 heterocycles. The van der Waals surface area contributed by atoms with E-state index in [-0.39, 0.29) is 18.6 Å². The van der Waals surface area contributed by atoms with E-state index in [4.69, 9.17) is 9.84 Å².